The summed E-state index contributed by atoms with van der Waals surface area (Å²) in [5.41, 5.74) is 0. The number of benzene rings is 1. The van der Waals surface area contributed by atoms with E-state index in [4.69, 9.17) is 5.11 Å². The van der Waals surface area contributed by atoms with Crippen molar-refractivity contribution in [1.82, 2.24) is 4.31 Å². The molecule has 0 spiro atoms. The largest absolute Gasteiger partial charge is 0.481 e. The van der Waals surface area contributed by atoms with Gasteiger partial charge in [-0.2, -0.15) is 4.31 Å². The molecular formula is C13H19NO4S. The highest BCUT2D eigenvalue weighted by atomic mass is 32.2. The van der Waals surface area contributed by atoms with E-state index in [1.807, 2.05) is 0 Å². The fourth-order valence-electron chi connectivity index (χ4n) is 1.77. The van der Waals surface area contributed by atoms with Crippen LogP contribution in [0.2, 0.25) is 0 Å². The topological polar surface area (TPSA) is 74.7 Å². The first-order valence-electron chi connectivity index (χ1n) is 6.14. The Kier molecular flexibility index (Phi) is 5.50. The Hall–Kier alpha value is -1.40. The second-order valence-corrected chi connectivity index (χ2v) is 6.41. The summed E-state index contributed by atoms with van der Waals surface area (Å²) in [6.07, 6.45) is 0.271. The van der Waals surface area contributed by atoms with Crippen LogP contribution in [0.25, 0.3) is 0 Å². The second-order valence-electron chi connectivity index (χ2n) is 4.52. The van der Waals surface area contributed by atoms with Crippen molar-refractivity contribution in [2.24, 2.45) is 0 Å². The normalized spacial score (nSPS) is 12.0. The molecule has 0 bridgehead atoms. The fraction of sp³-hybridized carbons (Fsp3) is 0.462. The van der Waals surface area contributed by atoms with E-state index in [1.54, 1.807) is 44.2 Å². The lowest BCUT2D eigenvalue weighted by molar-refractivity contribution is -0.137. The van der Waals surface area contributed by atoms with Gasteiger partial charge >= 0.3 is 5.97 Å². The van der Waals surface area contributed by atoms with Gasteiger partial charge in [0.15, 0.2) is 0 Å². The SMILES string of the molecule is CC(C)N(CCCC(=O)O)S(=O)(=O)c1ccccc1. The third kappa shape index (κ3) is 4.33. The Bertz CT molecular complexity index is 511. The quantitative estimate of drug-likeness (QED) is 0.831. The predicted octanol–water partition coefficient (Wildman–Crippen LogP) is 1.95. The zero-order valence-electron chi connectivity index (χ0n) is 11.1. The van der Waals surface area contributed by atoms with Gasteiger partial charge < -0.3 is 5.11 Å². The summed E-state index contributed by atoms with van der Waals surface area (Å²) < 4.78 is 26.2. The van der Waals surface area contributed by atoms with Crippen molar-refractivity contribution in [3.8, 4) is 0 Å². The predicted molar refractivity (Wildman–Crippen MR) is 72.3 cm³/mol. The summed E-state index contributed by atoms with van der Waals surface area (Å²) in [6, 6.07) is 7.97. The minimum absolute atomic E-state index is 0.0342. The van der Waals surface area contributed by atoms with Gasteiger partial charge in [-0.25, -0.2) is 8.42 Å². The number of hydrogen-bond donors (Lipinski definition) is 1. The van der Waals surface area contributed by atoms with Gasteiger partial charge in [-0.1, -0.05) is 18.2 Å². The van der Waals surface area contributed by atoms with E-state index in [1.165, 1.54) is 4.31 Å². The van der Waals surface area contributed by atoms with Crippen molar-refractivity contribution in [2.75, 3.05) is 6.54 Å². The first kappa shape index (κ1) is 15.7. The van der Waals surface area contributed by atoms with Gasteiger partial charge in [0, 0.05) is 19.0 Å². The monoisotopic (exact) mass is 285 g/mol. The third-order valence-corrected chi connectivity index (χ3v) is 4.78. The minimum Gasteiger partial charge on any atom is -0.481 e. The maximum absolute atomic E-state index is 12.4. The van der Waals surface area contributed by atoms with Crippen molar-refractivity contribution in [2.45, 2.75) is 37.6 Å². The molecule has 0 saturated carbocycles. The first-order chi connectivity index (χ1) is 8.85. The Balaban J connectivity index is 2.89. The summed E-state index contributed by atoms with van der Waals surface area (Å²) in [4.78, 5) is 10.7. The second kappa shape index (κ2) is 6.68. The molecular weight excluding hydrogens is 266 g/mol. The number of nitrogens with zero attached hydrogens (tertiary/aromatic N) is 1. The van der Waals surface area contributed by atoms with Crippen LogP contribution in [-0.2, 0) is 14.8 Å². The van der Waals surface area contributed by atoms with Gasteiger partial charge in [-0.3, -0.25) is 4.79 Å². The molecule has 0 heterocycles. The van der Waals surface area contributed by atoms with E-state index in [0.29, 0.717) is 6.42 Å². The standard InChI is InChI=1S/C13H19NO4S/c1-11(2)14(10-6-9-13(15)16)19(17,18)12-7-4-3-5-8-12/h3-5,7-8,11H,6,9-10H2,1-2H3,(H,15,16). The zero-order valence-corrected chi connectivity index (χ0v) is 11.9. The molecule has 106 valence electrons. The summed E-state index contributed by atoms with van der Waals surface area (Å²) >= 11 is 0. The van der Waals surface area contributed by atoms with Crippen LogP contribution in [0.3, 0.4) is 0 Å². The van der Waals surface area contributed by atoms with E-state index in [2.05, 4.69) is 0 Å². The Morgan fingerprint density at radius 2 is 1.84 bits per heavy atom. The van der Waals surface area contributed by atoms with Gasteiger partial charge in [0.1, 0.15) is 0 Å². The lowest BCUT2D eigenvalue weighted by Gasteiger charge is -2.25. The van der Waals surface area contributed by atoms with E-state index in [-0.39, 0.29) is 23.9 Å². The molecule has 0 unspecified atom stereocenters. The van der Waals surface area contributed by atoms with Crippen molar-refractivity contribution < 1.29 is 18.3 Å². The highest BCUT2D eigenvalue weighted by Gasteiger charge is 2.26. The number of carboxylic acids is 1. The molecule has 6 heteroatoms. The number of hydrogen-bond acceptors (Lipinski definition) is 3. The van der Waals surface area contributed by atoms with Crippen LogP contribution in [-0.4, -0.2) is 36.4 Å². The number of rotatable bonds is 7. The highest BCUT2D eigenvalue weighted by Crippen LogP contribution is 2.18. The van der Waals surface area contributed by atoms with E-state index in [0.717, 1.165) is 0 Å². The highest BCUT2D eigenvalue weighted by molar-refractivity contribution is 7.89. The van der Waals surface area contributed by atoms with Crippen LogP contribution in [0.4, 0.5) is 0 Å². The lowest BCUT2D eigenvalue weighted by atomic mass is 10.3. The molecule has 0 radical (unpaired) electrons. The summed E-state index contributed by atoms with van der Waals surface area (Å²) in [7, 11) is -3.56. The van der Waals surface area contributed by atoms with Gasteiger partial charge in [-0.05, 0) is 32.4 Å². The number of carboxylic acid groups (broad SMARTS) is 1. The molecule has 0 saturated heterocycles. The van der Waals surface area contributed by atoms with Gasteiger partial charge in [0.05, 0.1) is 4.90 Å². The van der Waals surface area contributed by atoms with Crippen LogP contribution >= 0.6 is 0 Å². The average molecular weight is 285 g/mol. The molecule has 0 aliphatic rings. The van der Waals surface area contributed by atoms with Gasteiger partial charge in [0.25, 0.3) is 0 Å². The smallest absolute Gasteiger partial charge is 0.303 e. The fourth-order valence-corrected chi connectivity index (χ4v) is 3.47. The van der Waals surface area contributed by atoms with E-state index in [9.17, 15) is 13.2 Å². The molecule has 5 nitrogen and oxygen atoms in total. The molecule has 0 atom stereocenters. The Morgan fingerprint density at radius 1 is 1.26 bits per heavy atom. The van der Waals surface area contributed by atoms with Gasteiger partial charge in [-0.15, -0.1) is 0 Å². The first-order valence-corrected chi connectivity index (χ1v) is 7.58. The third-order valence-electron chi connectivity index (χ3n) is 2.69. The Morgan fingerprint density at radius 3 is 2.32 bits per heavy atom. The zero-order chi connectivity index (χ0) is 14.5. The van der Waals surface area contributed by atoms with E-state index >= 15 is 0 Å². The molecule has 0 aromatic heterocycles. The minimum atomic E-state index is -3.56. The van der Waals surface area contributed by atoms with Crippen LogP contribution in [0.15, 0.2) is 35.2 Å². The van der Waals surface area contributed by atoms with Crippen molar-refractivity contribution in [3.63, 3.8) is 0 Å². The maximum Gasteiger partial charge on any atom is 0.303 e. The molecule has 1 N–H and O–H groups in total. The van der Waals surface area contributed by atoms with E-state index < -0.39 is 16.0 Å². The van der Waals surface area contributed by atoms with Crippen LogP contribution < -0.4 is 0 Å². The number of sulfonamides is 1. The number of carbonyl (C=O) groups is 1. The van der Waals surface area contributed by atoms with Crippen LogP contribution in [0.1, 0.15) is 26.7 Å². The molecule has 19 heavy (non-hydrogen) atoms. The summed E-state index contributed by atoms with van der Waals surface area (Å²) in [5.74, 6) is -0.916. The molecule has 1 aromatic rings. The molecule has 1 aromatic carbocycles. The Labute approximate surface area is 113 Å². The summed E-state index contributed by atoms with van der Waals surface area (Å²) in [6.45, 7) is 3.77. The number of aliphatic carboxylic acids is 1. The maximum atomic E-state index is 12.4. The molecule has 0 fully saturated rings. The van der Waals surface area contributed by atoms with Gasteiger partial charge in [0.2, 0.25) is 10.0 Å². The van der Waals surface area contributed by atoms with Crippen molar-refractivity contribution in [3.05, 3.63) is 30.3 Å². The van der Waals surface area contributed by atoms with Crippen molar-refractivity contribution >= 4 is 16.0 Å². The molecule has 0 aliphatic heterocycles. The molecule has 0 aliphatic carbocycles. The molecule has 1 rings (SSSR count). The van der Waals surface area contributed by atoms with Crippen LogP contribution in [0, 0.1) is 0 Å². The van der Waals surface area contributed by atoms with Crippen molar-refractivity contribution in [1.29, 1.82) is 0 Å². The summed E-state index contributed by atoms with van der Waals surface area (Å²) in [5, 5.41) is 8.62. The van der Waals surface area contributed by atoms with Crippen LogP contribution in [0.5, 0.6) is 0 Å². The lowest BCUT2D eigenvalue weighted by Crippen LogP contribution is -2.37. The molecule has 0 amide bonds. The average Bonchev–Trinajstić information content (AvgIpc) is 2.34.